The molecule has 0 aliphatic rings. The van der Waals surface area contributed by atoms with Crippen molar-refractivity contribution in [2.75, 3.05) is 19.0 Å². The third kappa shape index (κ3) is 3.72. The number of rotatable bonds is 5. The van der Waals surface area contributed by atoms with E-state index in [1.165, 1.54) is 0 Å². The van der Waals surface area contributed by atoms with E-state index in [4.69, 9.17) is 4.74 Å². The van der Waals surface area contributed by atoms with Crippen LogP contribution in [0.15, 0.2) is 36.5 Å². The second-order valence-corrected chi connectivity index (χ2v) is 4.84. The summed E-state index contributed by atoms with van der Waals surface area (Å²) in [6.07, 6.45) is 1.74. The van der Waals surface area contributed by atoms with Gasteiger partial charge in [0.1, 0.15) is 11.5 Å². The van der Waals surface area contributed by atoms with Crippen molar-refractivity contribution in [3.05, 3.63) is 36.5 Å². The maximum atomic E-state index is 5.33. The van der Waals surface area contributed by atoms with Crippen LogP contribution in [0.3, 0.4) is 0 Å². The molecule has 0 atom stereocenters. The zero-order valence-corrected chi connectivity index (χ0v) is 11.4. The second kappa shape index (κ2) is 5.75. The van der Waals surface area contributed by atoms with Crippen LogP contribution in [-0.4, -0.2) is 34.4 Å². The molecule has 0 aliphatic heterocycles. The van der Waals surface area contributed by atoms with Crippen LogP contribution in [0.5, 0.6) is 0 Å². The zero-order chi connectivity index (χ0) is 13.7. The molecule has 5 heteroatoms. The fourth-order valence-electron chi connectivity index (χ4n) is 1.45. The van der Waals surface area contributed by atoms with Crippen molar-refractivity contribution < 1.29 is 4.74 Å². The summed E-state index contributed by atoms with van der Waals surface area (Å²) in [6, 6.07) is 9.50. The highest BCUT2D eigenvalue weighted by Crippen LogP contribution is 2.14. The topological polar surface area (TPSA) is 59.9 Å². The number of hydrogen-bond acceptors (Lipinski definition) is 5. The highest BCUT2D eigenvalue weighted by atomic mass is 16.5. The summed E-state index contributed by atoms with van der Waals surface area (Å²) in [4.78, 5) is 4.23. The standard InChI is InChI=1S/C14H18N4O/c1-14(2,19-3)10-16-13-8-7-12(17-18-13)11-6-4-5-9-15-11/h4-9H,10H2,1-3H3,(H,16,18). The predicted octanol–water partition coefficient (Wildman–Crippen LogP) is 2.38. The minimum atomic E-state index is -0.235. The van der Waals surface area contributed by atoms with Crippen molar-refractivity contribution >= 4 is 5.82 Å². The maximum absolute atomic E-state index is 5.33. The van der Waals surface area contributed by atoms with Gasteiger partial charge in [0.25, 0.3) is 0 Å². The minimum Gasteiger partial charge on any atom is -0.377 e. The summed E-state index contributed by atoms with van der Waals surface area (Å²) in [5, 5.41) is 11.5. The van der Waals surface area contributed by atoms with Crippen LogP contribution in [0.25, 0.3) is 11.4 Å². The van der Waals surface area contributed by atoms with Crippen LogP contribution in [0.2, 0.25) is 0 Å². The molecule has 1 N–H and O–H groups in total. The van der Waals surface area contributed by atoms with Crippen molar-refractivity contribution in [3.63, 3.8) is 0 Å². The van der Waals surface area contributed by atoms with Crippen LogP contribution in [0.4, 0.5) is 5.82 Å². The van der Waals surface area contributed by atoms with Gasteiger partial charge in [0.15, 0.2) is 0 Å². The fourth-order valence-corrected chi connectivity index (χ4v) is 1.45. The Bertz CT molecular complexity index is 511. The number of aromatic nitrogens is 3. The molecule has 2 aromatic rings. The summed E-state index contributed by atoms with van der Waals surface area (Å²) in [5.74, 6) is 0.727. The number of ether oxygens (including phenoxy) is 1. The Morgan fingerprint density at radius 3 is 2.53 bits per heavy atom. The first-order valence-electron chi connectivity index (χ1n) is 6.15. The third-order valence-electron chi connectivity index (χ3n) is 2.84. The lowest BCUT2D eigenvalue weighted by molar-refractivity contribution is 0.0343. The van der Waals surface area contributed by atoms with E-state index < -0.39 is 0 Å². The molecule has 0 bridgehead atoms. The maximum Gasteiger partial charge on any atom is 0.148 e. The smallest absolute Gasteiger partial charge is 0.148 e. The fraction of sp³-hybridized carbons (Fsp3) is 0.357. The van der Waals surface area contributed by atoms with Crippen LogP contribution < -0.4 is 5.32 Å². The number of hydrogen-bond donors (Lipinski definition) is 1. The molecule has 19 heavy (non-hydrogen) atoms. The van der Waals surface area contributed by atoms with E-state index in [-0.39, 0.29) is 5.60 Å². The van der Waals surface area contributed by atoms with E-state index >= 15 is 0 Å². The Morgan fingerprint density at radius 2 is 1.95 bits per heavy atom. The predicted molar refractivity (Wildman–Crippen MR) is 74.8 cm³/mol. The van der Waals surface area contributed by atoms with Gasteiger partial charge in [-0.05, 0) is 38.1 Å². The largest absolute Gasteiger partial charge is 0.377 e. The van der Waals surface area contributed by atoms with E-state index in [0.717, 1.165) is 17.2 Å². The molecule has 0 radical (unpaired) electrons. The highest BCUT2D eigenvalue weighted by Gasteiger charge is 2.15. The summed E-state index contributed by atoms with van der Waals surface area (Å²) in [7, 11) is 1.69. The molecule has 0 aliphatic carbocycles. The van der Waals surface area contributed by atoms with Gasteiger partial charge in [-0.2, -0.15) is 0 Å². The third-order valence-corrected chi connectivity index (χ3v) is 2.84. The normalized spacial score (nSPS) is 11.3. The van der Waals surface area contributed by atoms with Crippen molar-refractivity contribution in [3.8, 4) is 11.4 Å². The summed E-state index contributed by atoms with van der Waals surface area (Å²) >= 11 is 0. The first-order valence-corrected chi connectivity index (χ1v) is 6.15. The molecule has 2 aromatic heterocycles. The van der Waals surface area contributed by atoms with Gasteiger partial charge < -0.3 is 10.1 Å². The molecule has 0 fully saturated rings. The lowest BCUT2D eigenvalue weighted by Gasteiger charge is -2.23. The van der Waals surface area contributed by atoms with E-state index in [9.17, 15) is 0 Å². The monoisotopic (exact) mass is 258 g/mol. The second-order valence-electron chi connectivity index (χ2n) is 4.84. The van der Waals surface area contributed by atoms with Gasteiger partial charge in [-0.3, -0.25) is 4.98 Å². The molecule has 0 unspecified atom stereocenters. The number of nitrogens with zero attached hydrogens (tertiary/aromatic N) is 3. The van der Waals surface area contributed by atoms with Crippen LogP contribution in [0, 0.1) is 0 Å². The molecule has 0 aromatic carbocycles. The zero-order valence-electron chi connectivity index (χ0n) is 11.4. The molecule has 2 rings (SSSR count). The van der Waals surface area contributed by atoms with Gasteiger partial charge in [-0.1, -0.05) is 6.07 Å². The highest BCUT2D eigenvalue weighted by molar-refractivity contribution is 5.54. The Balaban J connectivity index is 2.03. The lowest BCUT2D eigenvalue weighted by atomic mass is 10.1. The average molecular weight is 258 g/mol. The van der Waals surface area contributed by atoms with Gasteiger partial charge >= 0.3 is 0 Å². The van der Waals surface area contributed by atoms with Gasteiger partial charge in [0, 0.05) is 19.9 Å². The van der Waals surface area contributed by atoms with Crippen LogP contribution in [-0.2, 0) is 4.74 Å². The minimum absolute atomic E-state index is 0.235. The van der Waals surface area contributed by atoms with E-state index in [2.05, 4.69) is 20.5 Å². The average Bonchev–Trinajstić information content (AvgIpc) is 2.47. The molecule has 0 amide bonds. The molecule has 100 valence electrons. The van der Waals surface area contributed by atoms with E-state index in [1.807, 2.05) is 44.2 Å². The molecule has 2 heterocycles. The quantitative estimate of drug-likeness (QED) is 0.892. The Hall–Kier alpha value is -2.01. The molecular formula is C14H18N4O. The first kappa shape index (κ1) is 13.4. The van der Waals surface area contributed by atoms with E-state index in [0.29, 0.717) is 6.54 Å². The van der Waals surface area contributed by atoms with Gasteiger partial charge in [0.2, 0.25) is 0 Å². The SMILES string of the molecule is COC(C)(C)CNc1ccc(-c2ccccn2)nn1. The molecule has 5 nitrogen and oxygen atoms in total. The molecule has 0 saturated heterocycles. The van der Waals surface area contributed by atoms with E-state index in [1.54, 1.807) is 13.3 Å². The Kier molecular flexibility index (Phi) is 4.06. The Morgan fingerprint density at radius 1 is 1.11 bits per heavy atom. The molecule has 0 spiro atoms. The molecular weight excluding hydrogens is 240 g/mol. The number of anilines is 1. The number of pyridine rings is 1. The number of methoxy groups -OCH3 is 1. The summed E-state index contributed by atoms with van der Waals surface area (Å²) < 4.78 is 5.33. The first-order chi connectivity index (χ1) is 9.11. The van der Waals surface area contributed by atoms with Crippen molar-refractivity contribution in [2.24, 2.45) is 0 Å². The summed E-state index contributed by atoms with van der Waals surface area (Å²) in [6.45, 7) is 4.69. The van der Waals surface area contributed by atoms with Crippen LogP contribution in [0.1, 0.15) is 13.8 Å². The van der Waals surface area contributed by atoms with Crippen molar-refractivity contribution in [1.82, 2.24) is 15.2 Å². The van der Waals surface area contributed by atoms with Crippen molar-refractivity contribution in [1.29, 1.82) is 0 Å². The Labute approximate surface area is 113 Å². The molecule has 0 saturated carbocycles. The lowest BCUT2D eigenvalue weighted by Crippen LogP contribution is -2.32. The van der Waals surface area contributed by atoms with Gasteiger partial charge in [-0.25, -0.2) is 0 Å². The summed E-state index contributed by atoms with van der Waals surface area (Å²) in [5.41, 5.74) is 1.34. The van der Waals surface area contributed by atoms with Gasteiger partial charge in [0.05, 0.1) is 11.3 Å². The number of nitrogens with one attached hydrogen (secondary N) is 1. The van der Waals surface area contributed by atoms with Crippen molar-refractivity contribution in [2.45, 2.75) is 19.4 Å². The van der Waals surface area contributed by atoms with Gasteiger partial charge in [-0.15, -0.1) is 10.2 Å². The van der Waals surface area contributed by atoms with Crippen LogP contribution >= 0.6 is 0 Å².